The van der Waals surface area contributed by atoms with Crippen LogP contribution in [-0.4, -0.2) is 33.7 Å². The Hall–Kier alpha value is -0.740. The lowest BCUT2D eigenvalue weighted by Gasteiger charge is -2.36. The molecule has 1 N–H and O–H groups in total. The van der Waals surface area contributed by atoms with E-state index in [-0.39, 0.29) is 0 Å². The van der Waals surface area contributed by atoms with Gasteiger partial charge in [-0.15, -0.1) is 0 Å². The van der Waals surface area contributed by atoms with Crippen LogP contribution in [0.15, 0.2) is 18.3 Å². The second-order valence-electron chi connectivity index (χ2n) is 5.03. The fourth-order valence-electron chi connectivity index (χ4n) is 2.38. The van der Waals surface area contributed by atoms with Crippen LogP contribution in [0, 0.1) is 0 Å². The van der Waals surface area contributed by atoms with Gasteiger partial charge in [0.1, 0.15) is 0 Å². The Kier molecular flexibility index (Phi) is 4.51. The molecule has 1 aromatic heterocycles. The summed E-state index contributed by atoms with van der Waals surface area (Å²) in [5, 5.41) is 11.1. The van der Waals surface area contributed by atoms with Crippen LogP contribution < -0.4 is 4.90 Å². The maximum atomic E-state index is 9.74. The van der Waals surface area contributed by atoms with Gasteiger partial charge in [0.25, 0.3) is 0 Å². The Morgan fingerprint density at radius 2 is 2.06 bits per heavy atom. The van der Waals surface area contributed by atoms with Crippen LogP contribution in [0.25, 0.3) is 0 Å². The fourth-order valence-corrected chi connectivity index (χ4v) is 3.70. The van der Waals surface area contributed by atoms with Gasteiger partial charge < -0.3 is 10.0 Å². The number of nitrogens with zero attached hydrogens (tertiary/aromatic N) is 2. The SMILES string of the molecule is CC[C@H](O)c1ccc(N2CC(C)SC(C)C2)cn1. The summed E-state index contributed by atoms with van der Waals surface area (Å²) < 4.78 is 0. The van der Waals surface area contributed by atoms with Gasteiger partial charge in [0, 0.05) is 23.6 Å². The molecule has 0 aliphatic carbocycles. The Balaban J connectivity index is 2.09. The third-order valence-electron chi connectivity index (χ3n) is 3.28. The molecule has 1 fully saturated rings. The third kappa shape index (κ3) is 3.18. The standard InChI is InChI=1S/C14H22N2OS/c1-4-14(17)13-6-5-12(7-15-13)16-8-10(2)18-11(3)9-16/h5-7,10-11,14,17H,4,8-9H2,1-3H3/t10?,11?,14-/m0/s1. The first-order valence-corrected chi connectivity index (χ1v) is 7.58. The molecule has 4 heteroatoms. The first-order valence-electron chi connectivity index (χ1n) is 6.64. The largest absolute Gasteiger partial charge is 0.387 e. The first-order chi connectivity index (χ1) is 8.60. The molecule has 2 unspecified atom stereocenters. The van der Waals surface area contributed by atoms with Crippen molar-refractivity contribution in [2.45, 2.75) is 43.8 Å². The van der Waals surface area contributed by atoms with Crippen LogP contribution in [0.5, 0.6) is 0 Å². The van der Waals surface area contributed by atoms with Crippen LogP contribution in [-0.2, 0) is 0 Å². The topological polar surface area (TPSA) is 36.4 Å². The lowest BCUT2D eigenvalue weighted by atomic mass is 10.2. The molecule has 0 radical (unpaired) electrons. The van der Waals surface area contributed by atoms with E-state index >= 15 is 0 Å². The summed E-state index contributed by atoms with van der Waals surface area (Å²) >= 11 is 2.05. The molecule has 18 heavy (non-hydrogen) atoms. The van der Waals surface area contributed by atoms with Crippen LogP contribution >= 0.6 is 11.8 Å². The Morgan fingerprint density at radius 3 is 2.56 bits per heavy atom. The summed E-state index contributed by atoms with van der Waals surface area (Å²) in [4.78, 5) is 6.77. The molecule has 3 atom stereocenters. The maximum absolute atomic E-state index is 9.74. The van der Waals surface area contributed by atoms with Crippen molar-refractivity contribution in [1.82, 2.24) is 4.98 Å². The van der Waals surface area contributed by atoms with E-state index in [1.54, 1.807) is 0 Å². The highest BCUT2D eigenvalue weighted by molar-refractivity contribution is 8.00. The summed E-state index contributed by atoms with van der Waals surface area (Å²) in [7, 11) is 0. The minimum absolute atomic E-state index is 0.436. The van der Waals surface area contributed by atoms with Gasteiger partial charge in [-0.2, -0.15) is 11.8 Å². The zero-order valence-electron chi connectivity index (χ0n) is 11.3. The maximum Gasteiger partial charge on any atom is 0.0957 e. The van der Waals surface area contributed by atoms with Crippen LogP contribution in [0.3, 0.4) is 0 Å². The van der Waals surface area contributed by atoms with Crippen molar-refractivity contribution in [2.75, 3.05) is 18.0 Å². The number of aliphatic hydroxyl groups is 1. The number of anilines is 1. The predicted molar refractivity (Wildman–Crippen MR) is 78.2 cm³/mol. The lowest BCUT2D eigenvalue weighted by molar-refractivity contribution is 0.169. The van der Waals surface area contributed by atoms with E-state index in [0.29, 0.717) is 16.9 Å². The molecule has 2 rings (SSSR count). The van der Waals surface area contributed by atoms with Crippen molar-refractivity contribution in [2.24, 2.45) is 0 Å². The van der Waals surface area contributed by atoms with Crippen molar-refractivity contribution in [3.05, 3.63) is 24.0 Å². The lowest BCUT2D eigenvalue weighted by Crippen LogP contribution is -2.40. The minimum Gasteiger partial charge on any atom is -0.387 e. The van der Waals surface area contributed by atoms with Crippen molar-refractivity contribution in [3.63, 3.8) is 0 Å². The number of aliphatic hydroxyl groups excluding tert-OH is 1. The molecule has 3 nitrogen and oxygen atoms in total. The molecule has 2 heterocycles. The van der Waals surface area contributed by atoms with Crippen molar-refractivity contribution < 1.29 is 5.11 Å². The van der Waals surface area contributed by atoms with Crippen LogP contribution in [0.4, 0.5) is 5.69 Å². The Morgan fingerprint density at radius 1 is 1.39 bits per heavy atom. The van der Waals surface area contributed by atoms with Gasteiger partial charge >= 0.3 is 0 Å². The third-order valence-corrected chi connectivity index (χ3v) is 4.51. The van der Waals surface area contributed by atoms with Gasteiger partial charge in [-0.25, -0.2) is 0 Å². The van der Waals surface area contributed by atoms with Gasteiger partial charge in [0.15, 0.2) is 0 Å². The van der Waals surface area contributed by atoms with Crippen molar-refractivity contribution in [1.29, 1.82) is 0 Å². The van der Waals surface area contributed by atoms with Gasteiger partial charge in [0.2, 0.25) is 0 Å². The number of rotatable bonds is 3. The normalized spacial score (nSPS) is 26.1. The zero-order valence-corrected chi connectivity index (χ0v) is 12.2. The smallest absolute Gasteiger partial charge is 0.0957 e. The van der Waals surface area contributed by atoms with Crippen molar-refractivity contribution >= 4 is 17.4 Å². The van der Waals surface area contributed by atoms with E-state index in [0.717, 1.165) is 18.8 Å². The van der Waals surface area contributed by atoms with Gasteiger partial charge in [-0.05, 0) is 18.6 Å². The van der Waals surface area contributed by atoms with E-state index in [9.17, 15) is 5.11 Å². The van der Waals surface area contributed by atoms with E-state index in [1.807, 2.05) is 30.9 Å². The molecular formula is C14H22N2OS. The molecule has 100 valence electrons. The molecule has 0 bridgehead atoms. The van der Waals surface area contributed by atoms with E-state index in [1.165, 1.54) is 5.69 Å². The number of hydrogen-bond acceptors (Lipinski definition) is 4. The molecule has 0 amide bonds. The summed E-state index contributed by atoms with van der Waals surface area (Å²) in [6.07, 6.45) is 2.17. The Bertz CT molecular complexity index is 372. The Labute approximate surface area is 114 Å². The average Bonchev–Trinajstić information content (AvgIpc) is 2.37. The zero-order chi connectivity index (χ0) is 13.1. The van der Waals surface area contributed by atoms with Crippen LogP contribution in [0.1, 0.15) is 39.0 Å². The van der Waals surface area contributed by atoms with E-state index in [4.69, 9.17) is 0 Å². The minimum atomic E-state index is -0.436. The molecular weight excluding hydrogens is 244 g/mol. The number of pyridine rings is 1. The van der Waals surface area contributed by atoms with Gasteiger partial charge in [0.05, 0.1) is 23.7 Å². The summed E-state index contributed by atoms with van der Waals surface area (Å²) in [5.41, 5.74) is 1.94. The van der Waals surface area contributed by atoms with Gasteiger partial charge in [-0.3, -0.25) is 4.98 Å². The molecule has 1 aromatic rings. The molecule has 0 saturated carbocycles. The van der Waals surface area contributed by atoms with Crippen LogP contribution in [0.2, 0.25) is 0 Å². The molecule has 1 aliphatic rings. The highest BCUT2D eigenvalue weighted by Crippen LogP contribution is 2.28. The summed E-state index contributed by atoms with van der Waals surface area (Å²) in [6, 6.07) is 4.03. The highest BCUT2D eigenvalue weighted by atomic mass is 32.2. The number of aromatic nitrogens is 1. The molecule has 1 saturated heterocycles. The average molecular weight is 266 g/mol. The molecule has 0 aromatic carbocycles. The van der Waals surface area contributed by atoms with E-state index < -0.39 is 6.10 Å². The summed E-state index contributed by atoms with van der Waals surface area (Å²) in [5.74, 6) is 0. The second kappa shape index (κ2) is 5.93. The fraction of sp³-hybridized carbons (Fsp3) is 0.643. The first kappa shape index (κ1) is 13.7. The highest BCUT2D eigenvalue weighted by Gasteiger charge is 2.22. The second-order valence-corrected chi connectivity index (χ2v) is 6.91. The monoisotopic (exact) mass is 266 g/mol. The number of hydrogen-bond donors (Lipinski definition) is 1. The quantitative estimate of drug-likeness (QED) is 0.912. The molecule has 1 aliphatic heterocycles. The predicted octanol–water partition coefficient (Wildman–Crippen LogP) is 2.86. The van der Waals surface area contributed by atoms with E-state index in [2.05, 4.69) is 29.8 Å². The van der Waals surface area contributed by atoms with Gasteiger partial charge in [-0.1, -0.05) is 20.8 Å². The summed E-state index contributed by atoms with van der Waals surface area (Å²) in [6.45, 7) is 8.66. The number of thioether (sulfide) groups is 1. The van der Waals surface area contributed by atoms with Crippen molar-refractivity contribution in [3.8, 4) is 0 Å². The molecule has 0 spiro atoms.